The topological polar surface area (TPSA) is 101 Å². The van der Waals surface area contributed by atoms with Crippen molar-refractivity contribution in [1.29, 1.82) is 0 Å². The zero-order valence-corrected chi connectivity index (χ0v) is 13.8. The minimum atomic E-state index is -3.93. The van der Waals surface area contributed by atoms with Crippen molar-refractivity contribution in [3.05, 3.63) is 32.8 Å². The van der Waals surface area contributed by atoms with E-state index in [0.717, 1.165) is 13.1 Å². The molecule has 1 aromatic carbocycles. The minimum Gasteiger partial charge on any atom is -0.316 e. The van der Waals surface area contributed by atoms with Crippen LogP contribution in [0.15, 0.2) is 27.6 Å². The molecule has 7 nitrogen and oxygen atoms in total. The first-order valence-corrected chi connectivity index (χ1v) is 8.76. The zero-order valence-electron chi connectivity index (χ0n) is 11.4. The summed E-state index contributed by atoms with van der Waals surface area (Å²) in [5.41, 5.74) is -0.432. The van der Waals surface area contributed by atoms with Crippen LogP contribution in [0.5, 0.6) is 0 Å². The summed E-state index contributed by atoms with van der Waals surface area (Å²) in [6, 6.07) is 3.70. The number of sulfonamides is 1. The highest BCUT2D eigenvalue weighted by Crippen LogP contribution is 2.28. The summed E-state index contributed by atoms with van der Waals surface area (Å²) in [6.45, 7) is 3.38. The van der Waals surface area contributed by atoms with Gasteiger partial charge in [-0.2, -0.15) is 0 Å². The molecule has 21 heavy (non-hydrogen) atoms. The summed E-state index contributed by atoms with van der Waals surface area (Å²) in [4.78, 5) is 10.1. The van der Waals surface area contributed by atoms with Gasteiger partial charge in [-0.05, 0) is 37.6 Å². The molecule has 2 unspecified atom stereocenters. The lowest BCUT2D eigenvalue weighted by molar-refractivity contribution is -0.387. The molecule has 0 aromatic heterocycles. The summed E-state index contributed by atoms with van der Waals surface area (Å²) < 4.78 is 27.9. The van der Waals surface area contributed by atoms with Crippen LogP contribution in [0.1, 0.15) is 13.3 Å². The van der Waals surface area contributed by atoms with Crippen molar-refractivity contribution in [1.82, 2.24) is 10.0 Å². The van der Waals surface area contributed by atoms with Crippen molar-refractivity contribution in [2.75, 3.05) is 13.1 Å². The average Bonchev–Trinajstić information content (AvgIpc) is 2.40. The lowest BCUT2D eigenvalue weighted by atomic mass is 9.97. The number of nitro groups is 1. The van der Waals surface area contributed by atoms with Gasteiger partial charge in [-0.15, -0.1) is 0 Å². The van der Waals surface area contributed by atoms with Crippen molar-refractivity contribution >= 4 is 31.6 Å². The Kier molecular flexibility index (Phi) is 4.97. The number of nitrogens with zero attached hydrogens (tertiary/aromatic N) is 1. The van der Waals surface area contributed by atoms with Gasteiger partial charge < -0.3 is 5.32 Å². The van der Waals surface area contributed by atoms with Crippen molar-refractivity contribution in [3.8, 4) is 0 Å². The van der Waals surface area contributed by atoms with Crippen LogP contribution < -0.4 is 10.0 Å². The van der Waals surface area contributed by atoms with Gasteiger partial charge in [0.15, 0.2) is 4.90 Å². The molecular weight excluding hydrogens is 362 g/mol. The van der Waals surface area contributed by atoms with E-state index in [1.54, 1.807) is 0 Å². The van der Waals surface area contributed by atoms with E-state index in [-0.39, 0.29) is 16.9 Å². The van der Waals surface area contributed by atoms with E-state index in [4.69, 9.17) is 0 Å². The molecule has 0 radical (unpaired) electrons. The molecule has 9 heteroatoms. The van der Waals surface area contributed by atoms with Crippen LogP contribution >= 0.6 is 15.9 Å². The highest BCUT2D eigenvalue weighted by atomic mass is 79.9. The maximum absolute atomic E-state index is 12.4. The molecule has 1 aromatic rings. The predicted molar refractivity (Wildman–Crippen MR) is 81.6 cm³/mol. The SMILES string of the molecule is CC1CNCCC1NS(=O)(=O)c1ccc(Br)cc1[N+](=O)[O-]. The van der Waals surface area contributed by atoms with E-state index in [1.165, 1.54) is 18.2 Å². The second kappa shape index (κ2) is 6.39. The Morgan fingerprint density at radius 1 is 1.48 bits per heavy atom. The highest BCUT2D eigenvalue weighted by Gasteiger charge is 2.31. The van der Waals surface area contributed by atoms with E-state index in [0.29, 0.717) is 10.9 Å². The van der Waals surface area contributed by atoms with Crippen LogP contribution in [0, 0.1) is 16.0 Å². The smallest absolute Gasteiger partial charge is 0.290 e. The van der Waals surface area contributed by atoms with Crippen LogP contribution in [0.2, 0.25) is 0 Å². The van der Waals surface area contributed by atoms with Gasteiger partial charge >= 0.3 is 0 Å². The molecule has 1 aliphatic heterocycles. The molecule has 0 amide bonds. The second-order valence-corrected chi connectivity index (χ2v) is 7.67. The quantitative estimate of drug-likeness (QED) is 0.613. The number of rotatable bonds is 4. The molecule has 0 spiro atoms. The largest absolute Gasteiger partial charge is 0.316 e. The number of piperidine rings is 1. The lowest BCUT2D eigenvalue weighted by Gasteiger charge is -2.29. The van der Waals surface area contributed by atoms with Crippen LogP contribution in [-0.2, 0) is 10.0 Å². The van der Waals surface area contributed by atoms with Gasteiger partial charge in [0, 0.05) is 16.6 Å². The van der Waals surface area contributed by atoms with Crippen molar-refractivity contribution in [3.63, 3.8) is 0 Å². The molecule has 1 heterocycles. The fraction of sp³-hybridized carbons (Fsp3) is 0.500. The van der Waals surface area contributed by atoms with E-state index in [9.17, 15) is 18.5 Å². The molecule has 2 rings (SSSR count). The average molecular weight is 378 g/mol. The van der Waals surface area contributed by atoms with E-state index < -0.39 is 20.6 Å². The van der Waals surface area contributed by atoms with Crippen LogP contribution in [0.3, 0.4) is 0 Å². The Hall–Kier alpha value is -1.03. The Bertz CT molecular complexity index is 650. The number of benzene rings is 1. The fourth-order valence-corrected chi connectivity index (χ4v) is 4.19. The van der Waals surface area contributed by atoms with E-state index in [1.807, 2.05) is 6.92 Å². The molecule has 2 atom stereocenters. The van der Waals surface area contributed by atoms with Gasteiger partial charge in [-0.1, -0.05) is 22.9 Å². The predicted octanol–water partition coefficient (Wildman–Crippen LogP) is 1.63. The van der Waals surface area contributed by atoms with Gasteiger partial charge in [0.1, 0.15) is 0 Å². The van der Waals surface area contributed by atoms with Gasteiger partial charge in [0.05, 0.1) is 4.92 Å². The maximum atomic E-state index is 12.4. The van der Waals surface area contributed by atoms with Crippen LogP contribution in [-0.4, -0.2) is 32.5 Å². The van der Waals surface area contributed by atoms with Gasteiger partial charge in [0.2, 0.25) is 10.0 Å². The number of hydrogen-bond acceptors (Lipinski definition) is 5. The van der Waals surface area contributed by atoms with E-state index in [2.05, 4.69) is 26.0 Å². The summed E-state index contributed by atoms with van der Waals surface area (Å²) in [7, 11) is -3.93. The van der Waals surface area contributed by atoms with E-state index >= 15 is 0 Å². The first-order valence-electron chi connectivity index (χ1n) is 6.48. The Balaban J connectivity index is 2.33. The molecule has 0 saturated carbocycles. The fourth-order valence-electron chi connectivity index (χ4n) is 2.31. The lowest BCUT2D eigenvalue weighted by Crippen LogP contribution is -2.48. The highest BCUT2D eigenvalue weighted by molar-refractivity contribution is 9.10. The summed E-state index contributed by atoms with van der Waals surface area (Å²) in [6.07, 6.45) is 0.657. The van der Waals surface area contributed by atoms with Crippen LogP contribution in [0.4, 0.5) is 5.69 Å². The molecule has 2 N–H and O–H groups in total. The van der Waals surface area contributed by atoms with Crippen LogP contribution in [0.25, 0.3) is 0 Å². The molecule has 1 fully saturated rings. The Morgan fingerprint density at radius 3 is 2.81 bits per heavy atom. The Labute approximate surface area is 131 Å². The number of halogens is 1. The first-order chi connectivity index (χ1) is 9.81. The van der Waals surface area contributed by atoms with Crippen molar-refractivity contribution in [2.45, 2.75) is 24.3 Å². The summed E-state index contributed by atoms with van der Waals surface area (Å²) >= 11 is 3.11. The second-order valence-electron chi connectivity index (χ2n) is 5.07. The summed E-state index contributed by atoms with van der Waals surface area (Å²) in [5, 5.41) is 14.2. The minimum absolute atomic E-state index is 0.128. The Morgan fingerprint density at radius 2 is 2.19 bits per heavy atom. The third-order valence-corrected chi connectivity index (χ3v) is 5.53. The van der Waals surface area contributed by atoms with Gasteiger partial charge in [-0.3, -0.25) is 10.1 Å². The zero-order chi connectivity index (χ0) is 15.6. The number of nitro benzene ring substituents is 1. The number of nitrogens with one attached hydrogen (secondary N) is 2. The molecular formula is C12H16BrN3O4S. The van der Waals surface area contributed by atoms with Gasteiger partial charge in [-0.25, -0.2) is 13.1 Å². The third-order valence-electron chi connectivity index (χ3n) is 3.50. The first kappa shape index (κ1) is 16.3. The molecule has 1 aliphatic rings. The molecule has 0 aliphatic carbocycles. The summed E-state index contributed by atoms with van der Waals surface area (Å²) in [5.74, 6) is 0.128. The van der Waals surface area contributed by atoms with Crippen molar-refractivity contribution in [2.24, 2.45) is 5.92 Å². The third kappa shape index (κ3) is 3.79. The monoisotopic (exact) mass is 377 g/mol. The standard InChI is InChI=1S/C12H16BrN3O4S/c1-8-7-14-5-4-10(8)15-21(19,20)12-3-2-9(13)6-11(12)16(17)18/h2-3,6,8,10,14-15H,4-5,7H2,1H3. The normalized spacial score (nSPS) is 23.0. The molecule has 1 saturated heterocycles. The molecule has 0 bridgehead atoms. The van der Waals surface area contributed by atoms with Crippen molar-refractivity contribution < 1.29 is 13.3 Å². The van der Waals surface area contributed by atoms with Gasteiger partial charge in [0.25, 0.3) is 5.69 Å². The molecule has 116 valence electrons. The maximum Gasteiger partial charge on any atom is 0.290 e. The number of hydrogen-bond donors (Lipinski definition) is 2.